The highest BCUT2D eigenvalue weighted by Crippen LogP contribution is 1.98. The van der Waals surface area contributed by atoms with Gasteiger partial charge in [0.05, 0.1) is 11.0 Å². The Morgan fingerprint density at radius 1 is 1.21 bits per heavy atom. The van der Waals surface area contributed by atoms with Crippen LogP contribution in [-0.2, 0) is 0 Å². The number of allylic oxidation sites excluding steroid dienone is 1. The normalized spacial score (nSPS) is 10.9. The molecule has 19 heavy (non-hydrogen) atoms. The highest BCUT2D eigenvalue weighted by Gasteiger charge is 2.22. The number of nitrogens with zero attached hydrogens (tertiary/aromatic N) is 5. The molecule has 9 nitrogen and oxygen atoms in total. The fourth-order valence-electron chi connectivity index (χ4n) is 0.746. The Bertz CT molecular complexity index is 517. The Hall–Kier alpha value is -3.33. The van der Waals surface area contributed by atoms with Crippen LogP contribution in [0.15, 0.2) is 42.4 Å². The summed E-state index contributed by atoms with van der Waals surface area (Å²) in [7, 11) is 0. The monoisotopic (exact) mass is 261 g/mol. The molecule has 0 saturated heterocycles. The molecule has 0 spiro atoms. The van der Waals surface area contributed by atoms with E-state index in [4.69, 9.17) is 10.5 Å². The lowest BCUT2D eigenvalue weighted by Gasteiger charge is -1.91. The minimum atomic E-state index is -1.86. The largest absolute Gasteiger partial charge is 0.349 e. The van der Waals surface area contributed by atoms with Crippen LogP contribution in [0.4, 0.5) is 0 Å². The van der Waals surface area contributed by atoms with Crippen molar-refractivity contribution in [2.45, 2.75) is 6.04 Å². The van der Waals surface area contributed by atoms with Crippen molar-refractivity contribution in [3.05, 3.63) is 62.6 Å². The molecule has 9 heteroatoms. The van der Waals surface area contributed by atoms with Crippen LogP contribution in [-0.4, -0.2) is 20.9 Å². The Morgan fingerprint density at radius 2 is 1.79 bits per heavy atom. The fraction of sp³-hybridized carbons (Fsp3) is 0.100. The van der Waals surface area contributed by atoms with Crippen LogP contribution in [0.1, 0.15) is 0 Å². The summed E-state index contributed by atoms with van der Waals surface area (Å²) in [6.45, 7) is 0. The van der Waals surface area contributed by atoms with Crippen molar-refractivity contribution in [2.75, 3.05) is 0 Å². The van der Waals surface area contributed by atoms with Crippen molar-refractivity contribution in [3.63, 3.8) is 0 Å². The van der Waals surface area contributed by atoms with E-state index in [0.29, 0.717) is 6.08 Å². The van der Waals surface area contributed by atoms with Crippen LogP contribution in [0.3, 0.4) is 0 Å². The Morgan fingerprint density at radius 3 is 2.00 bits per heavy atom. The molecule has 0 aliphatic heterocycles. The maximum absolute atomic E-state index is 10.0. The average molecular weight is 261 g/mol. The van der Waals surface area contributed by atoms with Crippen molar-refractivity contribution in [3.8, 4) is 12.1 Å². The van der Waals surface area contributed by atoms with Gasteiger partial charge in [-0.25, -0.2) is 0 Å². The van der Waals surface area contributed by atoms with E-state index >= 15 is 0 Å². The first-order valence-corrected chi connectivity index (χ1v) is 4.67. The fourth-order valence-corrected chi connectivity index (χ4v) is 0.746. The average Bonchev–Trinajstić information content (AvgIpc) is 2.42. The Labute approximate surface area is 107 Å². The van der Waals surface area contributed by atoms with E-state index in [9.17, 15) is 20.2 Å². The molecule has 1 aromatic heterocycles. The summed E-state index contributed by atoms with van der Waals surface area (Å²) in [5.41, 5.74) is -1.01. The summed E-state index contributed by atoms with van der Waals surface area (Å²) in [4.78, 5) is 21.7. The predicted octanol–water partition coefficient (Wildman–Crippen LogP) is 0.921. The minimum Gasteiger partial charge on any atom is -0.265 e. The van der Waals surface area contributed by atoms with Crippen molar-refractivity contribution in [1.29, 1.82) is 10.5 Å². The first kappa shape index (κ1) is 15.7. The number of nitriles is 2. The topological polar surface area (TPSA) is 147 Å². The Kier molecular flexibility index (Phi) is 7.24. The maximum Gasteiger partial charge on any atom is 0.349 e. The second-order valence-corrected chi connectivity index (χ2v) is 2.80. The number of hydrogen-bond acceptors (Lipinski definition) is 7. The van der Waals surface area contributed by atoms with Gasteiger partial charge >= 0.3 is 11.7 Å². The molecule has 1 aromatic rings. The lowest BCUT2D eigenvalue weighted by atomic mass is 10.3. The molecule has 0 saturated carbocycles. The zero-order valence-electron chi connectivity index (χ0n) is 9.41. The lowest BCUT2D eigenvalue weighted by Crippen LogP contribution is -2.15. The molecule has 0 aliphatic carbocycles. The maximum atomic E-state index is 10.0. The number of hydrogen-bond donors (Lipinski definition) is 0. The highest BCUT2D eigenvalue weighted by atomic mass is 16.6. The molecule has 0 amide bonds. The van der Waals surface area contributed by atoms with Crippen LogP contribution >= 0.6 is 0 Å². The van der Waals surface area contributed by atoms with E-state index in [1.54, 1.807) is 12.4 Å². The third-order valence-corrected chi connectivity index (χ3v) is 1.55. The second kappa shape index (κ2) is 8.78. The molecule has 0 N–H and O–H groups in total. The third kappa shape index (κ3) is 6.76. The molecule has 1 unspecified atom stereocenters. The second-order valence-electron chi connectivity index (χ2n) is 2.80. The van der Waals surface area contributed by atoms with Gasteiger partial charge < -0.3 is 0 Å². The molecule has 1 rings (SSSR count). The van der Waals surface area contributed by atoms with Gasteiger partial charge in [0.1, 0.15) is 6.07 Å². The summed E-state index contributed by atoms with van der Waals surface area (Å²) >= 11 is 0. The molecule has 0 aromatic carbocycles. The van der Waals surface area contributed by atoms with Gasteiger partial charge in [0.2, 0.25) is 0 Å². The molecular weight excluding hydrogens is 254 g/mol. The van der Waals surface area contributed by atoms with E-state index in [2.05, 4.69) is 4.98 Å². The molecular formula is C10H7N5O4. The molecule has 96 valence electrons. The van der Waals surface area contributed by atoms with E-state index in [-0.39, 0.29) is 0 Å². The summed E-state index contributed by atoms with van der Waals surface area (Å²) in [5.74, 6) is 0. The van der Waals surface area contributed by atoms with Gasteiger partial charge in [0.15, 0.2) is 6.07 Å². The molecule has 0 aliphatic rings. The summed E-state index contributed by atoms with van der Waals surface area (Å²) < 4.78 is 0. The van der Waals surface area contributed by atoms with Crippen LogP contribution in [0.25, 0.3) is 0 Å². The summed E-state index contributed by atoms with van der Waals surface area (Å²) in [5, 5.41) is 36.3. The molecule has 0 bridgehead atoms. The summed E-state index contributed by atoms with van der Waals surface area (Å²) in [6.07, 6.45) is 3.89. The number of rotatable bonds is 3. The van der Waals surface area contributed by atoms with E-state index in [1.165, 1.54) is 6.07 Å². The van der Waals surface area contributed by atoms with Crippen molar-refractivity contribution in [1.82, 2.24) is 4.98 Å². The van der Waals surface area contributed by atoms with Gasteiger partial charge in [-0.1, -0.05) is 6.07 Å². The van der Waals surface area contributed by atoms with Gasteiger partial charge in [0.25, 0.3) is 0 Å². The molecule has 1 heterocycles. The minimum absolute atomic E-state index is 0.389. The van der Waals surface area contributed by atoms with Crippen LogP contribution in [0, 0.1) is 42.9 Å². The number of pyridine rings is 1. The Balaban J connectivity index is 0.000000443. The van der Waals surface area contributed by atoms with Gasteiger partial charge in [-0.15, -0.1) is 0 Å². The zero-order valence-corrected chi connectivity index (χ0v) is 9.41. The molecule has 1 atom stereocenters. The zero-order chi connectivity index (χ0) is 14.7. The first-order valence-electron chi connectivity index (χ1n) is 4.67. The summed E-state index contributed by atoms with van der Waals surface area (Å²) in [6, 6.07) is 6.17. The van der Waals surface area contributed by atoms with Crippen molar-refractivity contribution >= 4 is 0 Å². The SMILES string of the molecule is N#CC(=CC(C#N)[N+](=O)[O-])[N+](=O)[O-].c1ccncc1. The van der Waals surface area contributed by atoms with Gasteiger partial charge in [-0.3, -0.25) is 25.2 Å². The van der Waals surface area contributed by atoms with Gasteiger partial charge in [0, 0.05) is 17.3 Å². The van der Waals surface area contributed by atoms with E-state index < -0.39 is 21.6 Å². The van der Waals surface area contributed by atoms with E-state index in [1.807, 2.05) is 18.2 Å². The van der Waals surface area contributed by atoms with Crippen LogP contribution in [0.2, 0.25) is 0 Å². The van der Waals surface area contributed by atoms with Crippen molar-refractivity contribution in [2.24, 2.45) is 0 Å². The standard InChI is InChI=1S/C5H2N4O4.C5H5N/c6-2-4(8(10)11)1-5(3-7)9(12)13;1-2-4-6-5-3-1/h1,4H;1-5H. The highest BCUT2D eigenvalue weighted by molar-refractivity contribution is 5.17. The van der Waals surface area contributed by atoms with Gasteiger partial charge in [-0.2, -0.15) is 10.5 Å². The third-order valence-electron chi connectivity index (χ3n) is 1.55. The van der Waals surface area contributed by atoms with Gasteiger partial charge in [-0.05, 0) is 12.1 Å². The lowest BCUT2D eigenvalue weighted by molar-refractivity contribution is -0.496. The van der Waals surface area contributed by atoms with E-state index in [0.717, 1.165) is 6.07 Å². The first-order chi connectivity index (χ1) is 9.02. The molecule has 0 fully saturated rings. The number of nitro groups is 2. The quantitative estimate of drug-likeness (QED) is 0.446. The molecule has 0 radical (unpaired) electrons. The van der Waals surface area contributed by atoms with Crippen LogP contribution in [0.5, 0.6) is 0 Å². The van der Waals surface area contributed by atoms with Crippen LogP contribution < -0.4 is 0 Å². The predicted molar refractivity (Wildman–Crippen MR) is 61.3 cm³/mol. The number of aromatic nitrogens is 1. The van der Waals surface area contributed by atoms with Crippen molar-refractivity contribution < 1.29 is 9.85 Å². The smallest absolute Gasteiger partial charge is 0.265 e.